The summed E-state index contributed by atoms with van der Waals surface area (Å²) >= 11 is 0. The molecule has 6 nitrogen and oxygen atoms in total. The van der Waals surface area contributed by atoms with Gasteiger partial charge in [0.25, 0.3) is 0 Å². The largest absolute Gasteiger partial charge is 0.416 e. The second-order valence-electron chi connectivity index (χ2n) is 7.85. The van der Waals surface area contributed by atoms with Gasteiger partial charge in [0.15, 0.2) is 5.82 Å². The van der Waals surface area contributed by atoms with Crippen LogP contribution < -0.4 is 4.90 Å². The number of aromatic nitrogens is 4. The van der Waals surface area contributed by atoms with Crippen LogP contribution in [0.25, 0.3) is 11.3 Å². The number of H-pyrrole nitrogens is 1. The molecular weight excluding hydrogens is 405 g/mol. The van der Waals surface area contributed by atoms with Crippen molar-refractivity contribution in [1.82, 2.24) is 25.1 Å². The maximum atomic E-state index is 12.9. The number of aromatic amines is 1. The van der Waals surface area contributed by atoms with Gasteiger partial charge in [-0.2, -0.15) is 18.3 Å². The molecule has 1 saturated heterocycles. The van der Waals surface area contributed by atoms with Gasteiger partial charge < -0.3 is 4.90 Å². The van der Waals surface area contributed by atoms with Gasteiger partial charge in [-0.05, 0) is 32.9 Å². The lowest BCUT2D eigenvalue weighted by Gasteiger charge is -2.39. The fourth-order valence-electron chi connectivity index (χ4n) is 4.26. The number of nitrogens with zero attached hydrogens (tertiary/aromatic N) is 5. The molecular formula is C22H25F3N6. The van der Waals surface area contributed by atoms with E-state index in [1.54, 1.807) is 12.4 Å². The van der Waals surface area contributed by atoms with E-state index in [0.29, 0.717) is 17.1 Å². The number of halogens is 3. The van der Waals surface area contributed by atoms with Crippen molar-refractivity contribution in [3.05, 3.63) is 59.2 Å². The normalized spacial score (nSPS) is 16.5. The first kappa shape index (κ1) is 21.3. The Kier molecular flexibility index (Phi) is 5.70. The predicted octanol–water partition coefficient (Wildman–Crippen LogP) is 4.39. The lowest BCUT2D eigenvalue weighted by atomic mass is 10.0. The standard InChI is InChI=1S/C22H25F3N6/c1-14-19(15(2)29-28-14)16(3)30-10-12-31(13-11-30)21-20(26-8-9-27-21)17-4-6-18(7-5-17)22(23,24)25/h4-9,16H,10-13H2,1-3H3,(H,28,29). The second kappa shape index (κ2) is 8.30. The van der Waals surface area contributed by atoms with Crippen molar-refractivity contribution in [3.8, 4) is 11.3 Å². The second-order valence-corrected chi connectivity index (χ2v) is 7.85. The van der Waals surface area contributed by atoms with E-state index in [2.05, 4.69) is 36.9 Å². The van der Waals surface area contributed by atoms with Crippen molar-refractivity contribution in [1.29, 1.82) is 0 Å². The summed E-state index contributed by atoms with van der Waals surface area (Å²) in [7, 11) is 0. The summed E-state index contributed by atoms with van der Waals surface area (Å²) in [6.45, 7) is 9.44. The average molecular weight is 430 g/mol. The highest BCUT2D eigenvalue weighted by atomic mass is 19.4. The van der Waals surface area contributed by atoms with Gasteiger partial charge in [-0.15, -0.1) is 0 Å². The number of hydrogen-bond donors (Lipinski definition) is 1. The molecule has 0 bridgehead atoms. The molecule has 3 aromatic rings. The number of benzene rings is 1. The Labute approximate surface area is 179 Å². The van der Waals surface area contributed by atoms with Gasteiger partial charge in [-0.3, -0.25) is 15.0 Å². The first-order chi connectivity index (χ1) is 14.8. The van der Waals surface area contributed by atoms with Crippen LogP contribution in [0.4, 0.5) is 19.0 Å². The zero-order valence-electron chi connectivity index (χ0n) is 17.7. The van der Waals surface area contributed by atoms with E-state index < -0.39 is 11.7 Å². The minimum absolute atomic E-state index is 0.247. The molecule has 4 rings (SSSR count). The summed E-state index contributed by atoms with van der Waals surface area (Å²) in [5.74, 6) is 0.699. The smallest absolute Gasteiger partial charge is 0.352 e. The molecule has 9 heteroatoms. The molecule has 1 N–H and O–H groups in total. The highest BCUT2D eigenvalue weighted by molar-refractivity contribution is 5.72. The molecule has 1 aliphatic heterocycles. The predicted molar refractivity (Wildman–Crippen MR) is 113 cm³/mol. The van der Waals surface area contributed by atoms with Crippen LogP contribution in [-0.2, 0) is 6.18 Å². The topological polar surface area (TPSA) is 60.9 Å². The number of aryl methyl sites for hydroxylation is 2. The minimum Gasteiger partial charge on any atom is -0.352 e. The maximum Gasteiger partial charge on any atom is 0.416 e. The number of anilines is 1. The number of hydrogen-bond acceptors (Lipinski definition) is 5. The van der Waals surface area contributed by atoms with Crippen LogP contribution in [0.3, 0.4) is 0 Å². The summed E-state index contributed by atoms with van der Waals surface area (Å²) < 4.78 is 38.7. The first-order valence-corrected chi connectivity index (χ1v) is 10.2. The van der Waals surface area contributed by atoms with Gasteiger partial charge in [0, 0.05) is 61.4 Å². The van der Waals surface area contributed by atoms with Crippen LogP contribution in [0.1, 0.15) is 35.5 Å². The SMILES string of the molecule is Cc1n[nH]c(C)c1C(C)N1CCN(c2nccnc2-c2ccc(C(F)(F)F)cc2)CC1. The fraction of sp³-hybridized carbons (Fsp3) is 0.409. The van der Waals surface area contributed by atoms with Crippen molar-refractivity contribution in [2.75, 3.05) is 31.1 Å². The zero-order valence-corrected chi connectivity index (χ0v) is 17.7. The van der Waals surface area contributed by atoms with Crippen LogP contribution >= 0.6 is 0 Å². The van der Waals surface area contributed by atoms with Gasteiger partial charge in [-0.1, -0.05) is 12.1 Å². The van der Waals surface area contributed by atoms with Gasteiger partial charge in [-0.25, -0.2) is 4.98 Å². The van der Waals surface area contributed by atoms with Crippen molar-refractivity contribution >= 4 is 5.82 Å². The fourth-order valence-corrected chi connectivity index (χ4v) is 4.26. The summed E-state index contributed by atoms with van der Waals surface area (Å²) in [4.78, 5) is 13.5. The Bertz CT molecular complexity index is 1020. The third-order valence-electron chi connectivity index (χ3n) is 5.93. The van der Waals surface area contributed by atoms with Gasteiger partial charge in [0.2, 0.25) is 0 Å². The Hall–Kier alpha value is -2.94. The third kappa shape index (κ3) is 4.27. The molecule has 0 spiro atoms. The Balaban J connectivity index is 1.51. The lowest BCUT2D eigenvalue weighted by molar-refractivity contribution is -0.137. The van der Waals surface area contributed by atoms with E-state index in [9.17, 15) is 13.2 Å². The number of nitrogens with one attached hydrogen (secondary N) is 1. The van der Waals surface area contributed by atoms with Gasteiger partial charge in [0.05, 0.1) is 11.3 Å². The highest BCUT2D eigenvalue weighted by Gasteiger charge is 2.31. The Morgan fingerprint density at radius 2 is 1.61 bits per heavy atom. The molecule has 31 heavy (non-hydrogen) atoms. The molecule has 3 heterocycles. The van der Waals surface area contributed by atoms with E-state index in [4.69, 9.17) is 0 Å². The van der Waals surface area contributed by atoms with Crippen LogP contribution in [0.5, 0.6) is 0 Å². The quantitative estimate of drug-likeness (QED) is 0.666. The Morgan fingerprint density at radius 1 is 0.968 bits per heavy atom. The van der Waals surface area contributed by atoms with Gasteiger partial charge >= 0.3 is 6.18 Å². The maximum absolute atomic E-state index is 12.9. The van der Waals surface area contributed by atoms with Gasteiger partial charge in [0.1, 0.15) is 5.69 Å². The molecule has 0 radical (unpaired) electrons. The van der Waals surface area contributed by atoms with Crippen molar-refractivity contribution in [2.45, 2.75) is 33.0 Å². The zero-order chi connectivity index (χ0) is 22.2. The lowest BCUT2D eigenvalue weighted by Crippen LogP contribution is -2.47. The van der Waals surface area contributed by atoms with E-state index in [0.717, 1.165) is 49.7 Å². The Morgan fingerprint density at radius 3 is 2.19 bits per heavy atom. The highest BCUT2D eigenvalue weighted by Crippen LogP contribution is 2.33. The van der Waals surface area contributed by atoms with Crippen molar-refractivity contribution in [3.63, 3.8) is 0 Å². The molecule has 1 atom stereocenters. The minimum atomic E-state index is -4.36. The van der Waals surface area contributed by atoms with E-state index in [-0.39, 0.29) is 6.04 Å². The molecule has 0 amide bonds. The first-order valence-electron chi connectivity index (χ1n) is 10.2. The van der Waals surface area contributed by atoms with Crippen LogP contribution in [0, 0.1) is 13.8 Å². The third-order valence-corrected chi connectivity index (χ3v) is 5.93. The molecule has 1 unspecified atom stereocenters. The number of rotatable bonds is 4. The molecule has 2 aromatic heterocycles. The van der Waals surface area contributed by atoms with Crippen molar-refractivity contribution in [2.24, 2.45) is 0 Å². The monoisotopic (exact) mass is 430 g/mol. The van der Waals surface area contributed by atoms with Crippen molar-refractivity contribution < 1.29 is 13.2 Å². The molecule has 1 fully saturated rings. The summed E-state index contributed by atoms with van der Waals surface area (Å²) in [5.41, 5.74) is 3.89. The molecule has 0 saturated carbocycles. The van der Waals surface area contributed by atoms with Crippen LogP contribution in [-0.4, -0.2) is 51.2 Å². The number of piperazine rings is 1. The number of alkyl halides is 3. The van der Waals surface area contributed by atoms with E-state index in [1.807, 2.05) is 13.8 Å². The summed E-state index contributed by atoms with van der Waals surface area (Å²) in [6, 6.07) is 5.33. The molecule has 164 valence electrons. The molecule has 1 aliphatic rings. The summed E-state index contributed by atoms with van der Waals surface area (Å²) in [6.07, 6.45) is -1.17. The average Bonchev–Trinajstić information content (AvgIpc) is 3.11. The summed E-state index contributed by atoms with van der Waals surface area (Å²) in [5, 5.41) is 7.36. The van der Waals surface area contributed by atoms with Crippen LogP contribution in [0.15, 0.2) is 36.7 Å². The van der Waals surface area contributed by atoms with E-state index >= 15 is 0 Å². The van der Waals surface area contributed by atoms with Crippen LogP contribution in [0.2, 0.25) is 0 Å². The molecule has 0 aliphatic carbocycles. The molecule has 1 aromatic carbocycles. The van der Waals surface area contributed by atoms with E-state index in [1.165, 1.54) is 17.7 Å².